The van der Waals surface area contributed by atoms with Gasteiger partial charge in [-0.2, -0.15) is 0 Å². The summed E-state index contributed by atoms with van der Waals surface area (Å²) in [6.45, 7) is 0.470. The Bertz CT molecular complexity index is 731. The van der Waals surface area contributed by atoms with Crippen LogP contribution in [0.15, 0.2) is 48.7 Å². The lowest BCUT2D eigenvalue weighted by Gasteiger charge is -2.25. The SMILES string of the molecule is O=C(NCc1ccnc(OC2CCC2)c1)N[C@@H]1C[C@H]1c1ccccc1. The van der Waals surface area contributed by atoms with Crippen LogP contribution in [0.4, 0.5) is 4.79 Å². The molecule has 2 fully saturated rings. The molecule has 1 aromatic heterocycles. The van der Waals surface area contributed by atoms with Gasteiger partial charge in [0.2, 0.25) is 5.88 Å². The topological polar surface area (TPSA) is 63.2 Å². The molecule has 0 bridgehead atoms. The number of benzene rings is 1. The fraction of sp³-hybridized carbons (Fsp3) is 0.400. The lowest BCUT2D eigenvalue weighted by Crippen LogP contribution is -2.36. The van der Waals surface area contributed by atoms with Crippen molar-refractivity contribution in [1.29, 1.82) is 0 Å². The number of nitrogens with zero attached hydrogens (tertiary/aromatic N) is 1. The van der Waals surface area contributed by atoms with E-state index in [0.717, 1.165) is 24.8 Å². The summed E-state index contributed by atoms with van der Waals surface area (Å²) in [7, 11) is 0. The quantitative estimate of drug-likeness (QED) is 0.849. The number of nitrogens with one attached hydrogen (secondary N) is 2. The third kappa shape index (κ3) is 4.10. The Morgan fingerprint density at radius 1 is 1.20 bits per heavy atom. The van der Waals surface area contributed by atoms with E-state index in [1.165, 1.54) is 12.0 Å². The molecule has 130 valence electrons. The number of pyridine rings is 1. The van der Waals surface area contributed by atoms with Crippen molar-refractivity contribution in [1.82, 2.24) is 15.6 Å². The van der Waals surface area contributed by atoms with Gasteiger partial charge in [-0.25, -0.2) is 9.78 Å². The minimum atomic E-state index is -0.123. The summed E-state index contributed by atoms with van der Waals surface area (Å²) in [6.07, 6.45) is 6.50. The van der Waals surface area contributed by atoms with E-state index in [2.05, 4.69) is 27.8 Å². The molecular weight excluding hydrogens is 314 g/mol. The number of rotatable bonds is 6. The van der Waals surface area contributed by atoms with Crippen LogP contribution in [0, 0.1) is 0 Å². The second kappa shape index (κ2) is 7.13. The van der Waals surface area contributed by atoms with Crippen LogP contribution in [0.25, 0.3) is 0 Å². The van der Waals surface area contributed by atoms with Crippen molar-refractivity contribution in [3.05, 3.63) is 59.8 Å². The monoisotopic (exact) mass is 337 g/mol. The Balaban J connectivity index is 1.23. The smallest absolute Gasteiger partial charge is 0.315 e. The van der Waals surface area contributed by atoms with Crippen molar-refractivity contribution in [2.24, 2.45) is 0 Å². The van der Waals surface area contributed by atoms with Gasteiger partial charge in [0.15, 0.2) is 0 Å². The minimum Gasteiger partial charge on any atom is -0.474 e. The van der Waals surface area contributed by atoms with Gasteiger partial charge in [-0.3, -0.25) is 0 Å². The van der Waals surface area contributed by atoms with Gasteiger partial charge in [-0.05, 0) is 42.9 Å². The average Bonchev–Trinajstić information content (AvgIpc) is 3.37. The van der Waals surface area contributed by atoms with Crippen molar-refractivity contribution in [2.75, 3.05) is 0 Å². The Morgan fingerprint density at radius 2 is 2.04 bits per heavy atom. The zero-order valence-corrected chi connectivity index (χ0v) is 14.2. The van der Waals surface area contributed by atoms with Crippen LogP contribution in [-0.4, -0.2) is 23.2 Å². The van der Waals surface area contributed by atoms with Crippen LogP contribution in [0.2, 0.25) is 0 Å². The van der Waals surface area contributed by atoms with Gasteiger partial charge in [-0.1, -0.05) is 30.3 Å². The van der Waals surface area contributed by atoms with E-state index in [9.17, 15) is 4.79 Å². The van der Waals surface area contributed by atoms with Crippen molar-refractivity contribution in [3.8, 4) is 5.88 Å². The molecule has 2 aliphatic rings. The first kappa shape index (κ1) is 15.9. The zero-order chi connectivity index (χ0) is 17.1. The molecule has 0 radical (unpaired) electrons. The highest BCUT2D eigenvalue weighted by Gasteiger charge is 2.39. The van der Waals surface area contributed by atoms with Crippen LogP contribution in [0.5, 0.6) is 5.88 Å². The number of carbonyl (C=O) groups is 1. The summed E-state index contributed by atoms with van der Waals surface area (Å²) in [5.41, 5.74) is 2.29. The second-order valence-electron chi connectivity index (χ2n) is 6.86. The van der Waals surface area contributed by atoms with Crippen molar-refractivity contribution in [2.45, 2.75) is 50.3 Å². The summed E-state index contributed by atoms with van der Waals surface area (Å²) in [5, 5.41) is 5.96. The van der Waals surface area contributed by atoms with Crippen LogP contribution in [-0.2, 0) is 6.54 Å². The number of aromatic nitrogens is 1. The molecule has 2 atom stereocenters. The summed E-state index contributed by atoms with van der Waals surface area (Å²) >= 11 is 0. The normalized spacial score (nSPS) is 21.9. The standard InChI is InChI=1S/C20H23N3O2/c24-20(23-18-12-17(18)15-5-2-1-3-6-15)22-13-14-9-10-21-19(11-14)25-16-7-4-8-16/h1-3,5-6,9-11,16-18H,4,7-8,12-13H2,(H2,22,23,24)/t17-,18+/m0/s1. The average molecular weight is 337 g/mol. The summed E-state index contributed by atoms with van der Waals surface area (Å²) in [4.78, 5) is 16.3. The summed E-state index contributed by atoms with van der Waals surface area (Å²) < 4.78 is 5.80. The predicted molar refractivity (Wildman–Crippen MR) is 95.5 cm³/mol. The van der Waals surface area contributed by atoms with Crippen molar-refractivity contribution < 1.29 is 9.53 Å². The molecule has 5 heteroatoms. The molecule has 2 saturated carbocycles. The van der Waals surface area contributed by atoms with Gasteiger partial charge in [0.1, 0.15) is 6.10 Å². The number of hydrogen-bond donors (Lipinski definition) is 2. The van der Waals surface area contributed by atoms with E-state index in [1.807, 2.05) is 30.3 Å². The van der Waals surface area contributed by atoms with Gasteiger partial charge in [0.25, 0.3) is 0 Å². The lowest BCUT2D eigenvalue weighted by molar-refractivity contribution is 0.114. The first-order valence-corrected chi connectivity index (χ1v) is 8.99. The Labute approximate surface area is 147 Å². The molecule has 0 aliphatic heterocycles. The summed E-state index contributed by atoms with van der Waals surface area (Å²) in [5.74, 6) is 1.09. The van der Waals surface area contributed by atoms with Crippen molar-refractivity contribution in [3.63, 3.8) is 0 Å². The zero-order valence-electron chi connectivity index (χ0n) is 14.2. The molecule has 1 aromatic carbocycles. The van der Waals surface area contributed by atoms with E-state index >= 15 is 0 Å². The molecule has 4 rings (SSSR count). The Kier molecular flexibility index (Phi) is 4.55. The molecule has 1 heterocycles. The highest BCUT2D eigenvalue weighted by molar-refractivity contribution is 5.74. The number of ether oxygens (including phenoxy) is 1. The fourth-order valence-electron chi connectivity index (χ4n) is 3.11. The van der Waals surface area contributed by atoms with Crippen LogP contribution in [0.3, 0.4) is 0 Å². The van der Waals surface area contributed by atoms with Crippen LogP contribution < -0.4 is 15.4 Å². The highest BCUT2D eigenvalue weighted by Crippen LogP contribution is 2.40. The molecule has 25 heavy (non-hydrogen) atoms. The maximum Gasteiger partial charge on any atom is 0.315 e. The number of urea groups is 1. The molecule has 0 unspecified atom stereocenters. The maximum absolute atomic E-state index is 12.1. The first-order chi connectivity index (χ1) is 12.3. The van der Waals surface area contributed by atoms with Crippen LogP contribution >= 0.6 is 0 Å². The third-order valence-electron chi connectivity index (χ3n) is 4.93. The largest absolute Gasteiger partial charge is 0.474 e. The third-order valence-corrected chi connectivity index (χ3v) is 4.93. The van der Waals surface area contributed by atoms with E-state index in [0.29, 0.717) is 24.4 Å². The van der Waals surface area contributed by atoms with E-state index in [4.69, 9.17) is 4.74 Å². The van der Waals surface area contributed by atoms with Crippen molar-refractivity contribution >= 4 is 6.03 Å². The summed E-state index contributed by atoms with van der Waals surface area (Å²) in [6, 6.07) is 14.2. The first-order valence-electron chi connectivity index (χ1n) is 8.99. The van der Waals surface area contributed by atoms with E-state index in [-0.39, 0.29) is 12.1 Å². The minimum absolute atomic E-state index is 0.123. The molecule has 5 nitrogen and oxygen atoms in total. The number of amides is 2. The van der Waals surface area contributed by atoms with Gasteiger partial charge in [-0.15, -0.1) is 0 Å². The molecule has 0 saturated heterocycles. The van der Waals surface area contributed by atoms with Gasteiger partial charge >= 0.3 is 6.03 Å². The molecule has 2 aromatic rings. The molecule has 2 amide bonds. The number of hydrogen-bond acceptors (Lipinski definition) is 3. The van der Waals surface area contributed by atoms with E-state index in [1.54, 1.807) is 6.20 Å². The predicted octanol–water partition coefficient (Wildman–Crippen LogP) is 3.37. The molecular formula is C20H23N3O2. The molecule has 2 N–H and O–H groups in total. The Morgan fingerprint density at radius 3 is 2.80 bits per heavy atom. The van der Waals surface area contributed by atoms with Gasteiger partial charge < -0.3 is 15.4 Å². The lowest BCUT2D eigenvalue weighted by atomic mass is 9.96. The van der Waals surface area contributed by atoms with Gasteiger partial charge in [0, 0.05) is 30.8 Å². The maximum atomic E-state index is 12.1. The molecule has 2 aliphatic carbocycles. The van der Waals surface area contributed by atoms with Gasteiger partial charge in [0.05, 0.1) is 0 Å². The van der Waals surface area contributed by atoms with Crippen LogP contribution in [0.1, 0.15) is 42.7 Å². The Hall–Kier alpha value is -2.56. The number of carbonyl (C=O) groups excluding carboxylic acids is 1. The fourth-order valence-corrected chi connectivity index (χ4v) is 3.11. The second-order valence-corrected chi connectivity index (χ2v) is 6.86. The van der Waals surface area contributed by atoms with E-state index < -0.39 is 0 Å². The highest BCUT2D eigenvalue weighted by atomic mass is 16.5. The molecule has 0 spiro atoms.